The number of carboxylic acids is 2. The highest BCUT2D eigenvalue weighted by Gasteiger charge is 2.36. The molecule has 0 aromatic heterocycles. The second-order valence-corrected chi connectivity index (χ2v) is 9.72. The molecule has 0 radical (unpaired) electrons. The lowest BCUT2D eigenvalue weighted by Gasteiger charge is -2.45. The number of aliphatic carboxylic acids is 2. The first kappa shape index (κ1) is 26.5. The molecule has 2 aromatic carbocycles. The molecule has 0 saturated carbocycles. The van der Waals surface area contributed by atoms with Gasteiger partial charge in [0.25, 0.3) is 5.91 Å². The fourth-order valence-electron chi connectivity index (χ4n) is 5.00. The summed E-state index contributed by atoms with van der Waals surface area (Å²) >= 11 is 6.43. The van der Waals surface area contributed by atoms with Gasteiger partial charge in [0.2, 0.25) is 0 Å². The van der Waals surface area contributed by atoms with Crippen LogP contribution in [0.3, 0.4) is 0 Å². The molecule has 37 heavy (non-hydrogen) atoms. The molecule has 1 unspecified atom stereocenters. The number of nitrogens with zero attached hydrogens (tertiary/aromatic N) is 2. The highest BCUT2D eigenvalue weighted by Crippen LogP contribution is 2.39. The largest absolute Gasteiger partial charge is 0.489 e. The second kappa shape index (κ2) is 12.1. The van der Waals surface area contributed by atoms with Gasteiger partial charge in [0, 0.05) is 36.3 Å². The molecule has 4 aliphatic heterocycles. The minimum absolute atomic E-state index is 0.0796. The van der Waals surface area contributed by atoms with E-state index in [2.05, 4.69) is 27.2 Å². The van der Waals surface area contributed by atoms with Crippen LogP contribution in [0.4, 0.5) is 5.69 Å². The third-order valence-corrected chi connectivity index (χ3v) is 7.00. The van der Waals surface area contributed by atoms with Crippen molar-refractivity contribution in [3.8, 4) is 5.75 Å². The van der Waals surface area contributed by atoms with E-state index in [9.17, 15) is 14.4 Å². The van der Waals surface area contributed by atoms with Crippen LogP contribution in [-0.4, -0.2) is 71.8 Å². The summed E-state index contributed by atoms with van der Waals surface area (Å²) in [4.78, 5) is 37.0. The molecule has 196 valence electrons. The van der Waals surface area contributed by atoms with Crippen LogP contribution in [0.1, 0.15) is 28.8 Å². The Morgan fingerprint density at radius 2 is 1.70 bits per heavy atom. The number of nitrogens with one attached hydrogen (secondary N) is 1. The van der Waals surface area contributed by atoms with Crippen LogP contribution in [0.25, 0.3) is 0 Å². The lowest BCUT2D eigenvalue weighted by molar-refractivity contribution is -0.134. The summed E-state index contributed by atoms with van der Waals surface area (Å²) in [5.41, 5.74) is 2.66. The number of carbonyl (C=O) groups is 3. The maximum absolute atomic E-state index is 13.2. The van der Waals surface area contributed by atoms with Crippen LogP contribution in [0.2, 0.25) is 5.02 Å². The number of piperidine rings is 3. The number of rotatable bonds is 6. The van der Waals surface area contributed by atoms with E-state index in [1.165, 1.54) is 18.4 Å². The average Bonchev–Trinajstić information content (AvgIpc) is 2.89. The van der Waals surface area contributed by atoms with Gasteiger partial charge in [0.1, 0.15) is 6.61 Å². The molecule has 3 fully saturated rings. The van der Waals surface area contributed by atoms with E-state index >= 15 is 0 Å². The molecular weight excluding hydrogens is 498 g/mol. The first-order valence-corrected chi connectivity index (χ1v) is 12.6. The zero-order valence-electron chi connectivity index (χ0n) is 20.3. The molecule has 10 heteroatoms. The maximum atomic E-state index is 13.2. The van der Waals surface area contributed by atoms with Gasteiger partial charge in [-0.25, -0.2) is 9.59 Å². The molecule has 3 N–H and O–H groups in total. The number of halogens is 1. The Hall–Kier alpha value is -3.56. The molecule has 2 aromatic rings. The molecule has 0 aliphatic carbocycles. The smallest absolute Gasteiger partial charge is 0.328 e. The van der Waals surface area contributed by atoms with Crippen LogP contribution in [0.5, 0.6) is 5.75 Å². The van der Waals surface area contributed by atoms with Crippen molar-refractivity contribution < 1.29 is 29.3 Å². The number of carbonyl (C=O) groups excluding carboxylic acids is 1. The molecule has 0 spiro atoms. The lowest BCUT2D eigenvalue weighted by Crippen LogP contribution is -2.57. The SMILES string of the molecule is O=C(NC1CN2CCC1CC2)c1cc(Cl)cc2c1OCCN2Cc1ccccc1.O=C(O)C=CC(=O)O. The number of benzene rings is 2. The van der Waals surface area contributed by atoms with Crippen molar-refractivity contribution in [1.82, 2.24) is 10.2 Å². The molecule has 9 nitrogen and oxygen atoms in total. The van der Waals surface area contributed by atoms with Gasteiger partial charge >= 0.3 is 11.9 Å². The minimum Gasteiger partial charge on any atom is -0.489 e. The Bertz CT molecular complexity index is 1150. The Morgan fingerprint density at radius 1 is 1.03 bits per heavy atom. The molecular formula is C27H30ClN3O6. The first-order valence-electron chi connectivity index (χ1n) is 12.2. The number of hydrogen-bond acceptors (Lipinski definition) is 6. The highest BCUT2D eigenvalue weighted by molar-refractivity contribution is 6.31. The fourth-order valence-corrected chi connectivity index (χ4v) is 5.21. The molecule has 4 aliphatic rings. The van der Waals surface area contributed by atoms with E-state index in [4.69, 9.17) is 26.6 Å². The highest BCUT2D eigenvalue weighted by atomic mass is 35.5. The maximum Gasteiger partial charge on any atom is 0.328 e. The van der Waals surface area contributed by atoms with Gasteiger partial charge in [-0.15, -0.1) is 0 Å². The number of anilines is 1. The third kappa shape index (κ3) is 7.02. The van der Waals surface area contributed by atoms with Crippen LogP contribution < -0.4 is 15.0 Å². The van der Waals surface area contributed by atoms with Crippen molar-refractivity contribution in [3.05, 3.63) is 70.8 Å². The first-order chi connectivity index (χ1) is 17.8. The molecule has 2 bridgehead atoms. The van der Waals surface area contributed by atoms with E-state index < -0.39 is 11.9 Å². The standard InChI is InChI=1S/C23H26ClN3O2.C4H4O4/c24-18-12-19(23(28)25-20-15-26-8-6-17(20)7-9-26)22-21(13-18)27(10-11-29-22)14-16-4-2-1-3-5-16;5-3(6)1-2-4(7)8/h1-5,12-13,17,20H,6-11,14-15H2,(H,25,28);1-2H,(H,5,6)(H,7,8). The van der Waals surface area contributed by atoms with Crippen molar-refractivity contribution in [3.63, 3.8) is 0 Å². The summed E-state index contributed by atoms with van der Waals surface area (Å²) in [7, 11) is 0. The summed E-state index contributed by atoms with van der Waals surface area (Å²) in [5, 5.41) is 19.5. The Labute approximate surface area is 220 Å². The monoisotopic (exact) mass is 527 g/mol. The van der Waals surface area contributed by atoms with Gasteiger partial charge in [0.05, 0.1) is 17.8 Å². The fraction of sp³-hybridized carbons (Fsp3) is 0.370. The van der Waals surface area contributed by atoms with E-state index in [0.717, 1.165) is 38.4 Å². The van der Waals surface area contributed by atoms with Crippen LogP contribution in [-0.2, 0) is 16.1 Å². The number of ether oxygens (including phenoxy) is 1. The predicted octanol–water partition coefficient (Wildman–Crippen LogP) is 3.27. The molecule has 3 saturated heterocycles. The van der Waals surface area contributed by atoms with Crippen molar-refractivity contribution in [1.29, 1.82) is 0 Å². The Morgan fingerprint density at radius 3 is 2.30 bits per heavy atom. The predicted molar refractivity (Wildman–Crippen MR) is 139 cm³/mol. The van der Waals surface area contributed by atoms with Gasteiger partial charge in [-0.05, 0) is 49.5 Å². The van der Waals surface area contributed by atoms with Crippen LogP contribution in [0, 0.1) is 5.92 Å². The zero-order chi connectivity index (χ0) is 26.4. The molecule has 1 atom stereocenters. The van der Waals surface area contributed by atoms with Crippen molar-refractivity contribution >= 4 is 35.1 Å². The van der Waals surface area contributed by atoms with E-state index in [0.29, 0.717) is 41.0 Å². The summed E-state index contributed by atoms with van der Waals surface area (Å²) < 4.78 is 5.98. The van der Waals surface area contributed by atoms with Crippen molar-refractivity contribution in [2.45, 2.75) is 25.4 Å². The second-order valence-electron chi connectivity index (χ2n) is 9.29. The zero-order valence-corrected chi connectivity index (χ0v) is 21.1. The Balaban J connectivity index is 0.000000349. The van der Waals surface area contributed by atoms with Crippen molar-refractivity contribution in [2.24, 2.45) is 5.92 Å². The van der Waals surface area contributed by atoms with Gasteiger partial charge < -0.3 is 30.1 Å². The molecule has 4 heterocycles. The summed E-state index contributed by atoms with van der Waals surface area (Å²) in [6.07, 6.45) is 3.45. The molecule has 1 amide bonds. The lowest BCUT2D eigenvalue weighted by atomic mass is 9.84. The van der Waals surface area contributed by atoms with Gasteiger partial charge in [-0.3, -0.25) is 4.79 Å². The van der Waals surface area contributed by atoms with Gasteiger partial charge in [-0.1, -0.05) is 41.9 Å². The van der Waals surface area contributed by atoms with E-state index in [1.54, 1.807) is 6.07 Å². The van der Waals surface area contributed by atoms with Crippen LogP contribution >= 0.6 is 11.6 Å². The van der Waals surface area contributed by atoms with E-state index in [-0.39, 0.29) is 11.9 Å². The summed E-state index contributed by atoms with van der Waals surface area (Å²) in [5.74, 6) is -1.37. The summed E-state index contributed by atoms with van der Waals surface area (Å²) in [6.45, 7) is 5.34. The number of amides is 1. The third-order valence-electron chi connectivity index (χ3n) is 6.78. The summed E-state index contributed by atoms with van der Waals surface area (Å²) in [6, 6.07) is 14.2. The minimum atomic E-state index is -1.26. The molecule has 6 rings (SSSR count). The number of hydrogen-bond donors (Lipinski definition) is 3. The normalized spacial score (nSPS) is 21.9. The Kier molecular flexibility index (Phi) is 8.68. The van der Waals surface area contributed by atoms with E-state index in [1.807, 2.05) is 24.3 Å². The topological polar surface area (TPSA) is 119 Å². The quantitative estimate of drug-likeness (QED) is 0.490. The average molecular weight is 528 g/mol. The van der Waals surface area contributed by atoms with Crippen LogP contribution in [0.15, 0.2) is 54.6 Å². The van der Waals surface area contributed by atoms with Crippen molar-refractivity contribution in [2.75, 3.05) is 37.7 Å². The number of carboxylic acid groups (broad SMARTS) is 2. The van der Waals surface area contributed by atoms with Gasteiger partial charge in [-0.2, -0.15) is 0 Å². The number of fused-ring (bicyclic) bond motifs is 4. The van der Waals surface area contributed by atoms with Gasteiger partial charge in [0.15, 0.2) is 5.75 Å².